The molecule has 4 rings (SSSR count). The summed E-state index contributed by atoms with van der Waals surface area (Å²) in [6, 6.07) is 18.3. The van der Waals surface area contributed by atoms with Gasteiger partial charge in [0.15, 0.2) is 5.82 Å². The van der Waals surface area contributed by atoms with Gasteiger partial charge in [-0.1, -0.05) is 42.5 Å². The molecule has 1 fully saturated rings. The fourth-order valence-electron chi connectivity index (χ4n) is 3.20. The summed E-state index contributed by atoms with van der Waals surface area (Å²) < 4.78 is 5.42. The summed E-state index contributed by atoms with van der Waals surface area (Å²) in [5.41, 5.74) is 2.01. The Morgan fingerprint density at radius 3 is 2.52 bits per heavy atom. The molecule has 0 aliphatic carbocycles. The van der Waals surface area contributed by atoms with Gasteiger partial charge in [-0.05, 0) is 12.1 Å². The average Bonchev–Trinajstić information content (AvgIpc) is 2.69. The topological polar surface area (TPSA) is 51.5 Å². The first-order valence-electron chi connectivity index (χ1n) is 8.87. The molecule has 0 atom stereocenters. The monoisotopic (exact) mass is 335 g/mol. The summed E-state index contributed by atoms with van der Waals surface area (Å²) >= 11 is 0. The van der Waals surface area contributed by atoms with E-state index in [4.69, 9.17) is 14.7 Å². The Morgan fingerprint density at radius 1 is 0.920 bits per heavy atom. The van der Waals surface area contributed by atoms with Gasteiger partial charge in [0.2, 0.25) is 0 Å². The van der Waals surface area contributed by atoms with Gasteiger partial charge >= 0.3 is 0 Å². The van der Waals surface area contributed by atoms with Crippen LogP contribution in [0.4, 0.5) is 5.82 Å². The van der Waals surface area contributed by atoms with Gasteiger partial charge in [-0.3, -0.25) is 0 Å². The first-order chi connectivity index (χ1) is 12.4. The predicted molar refractivity (Wildman–Crippen MR) is 99.8 cm³/mol. The maximum Gasteiger partial charge on any atom is 0.162 e. The highest BCUT2D eigenvalue weighted by Crippen LogP contribution is 2.24. The van der Waals surface area contributed by atoms with Gasteiger partial charge in [-0.25, -0.2) is 9.97 Å². The average molecular weight is 335 g/mol. The van der Waals surface area contributed by atoms with E-state index in [9.17, 15) is 0 Å². The molecule has 1 aromatic heterocycles. The van der Waals surface area contributed by atoms with Crippen molar-refractivity contribution in [3.63, 3.8) is 0 Å². The van der Waals surface area contributed by atoms with E-state index >= 15 is 0 Å². The van der Waals surface area contributed by atoms with Crippen LogP contribution in [0.2, 0.25) is 0 Å². The van der Waals surface area contributed by atoms with Crippen LogP contribution >= 0.6 is 0 Å². The number of quaternary nitrogens is 1. The maximum absolute atomic E-state index is 5.42. The molecule has 1 aliphatic rings. The number of hydrogen-bond donors (Lipinski definition) is 2. The van der Waals surface area contributed by atoms with E-state index in [0.717, 1.165) is 67.5 Å². The maximum atomic E-state index is 5.42. The Labute approximate surface area is 147 Å². The van der Waals surface area contributed by atoms with Crippen molar-refractivity contribution >= 4 is 16.7 Å². The van der Waals surface area contributed by atoms with Crippen molar-refractivity contribution in [3.05, 3.63) is 54.6 Å². The molecule has 0 spiro atoms. The first-order valence-corrected chi connectivity index (χ1v) is 8.87. The molecule has 0 radical (unpaired) electrons. The van der Waals surface area contributed by atoms with E-state index in [1.54, 1.807) is 4.90 Å². The molecule has 1 saturated heterocycles. The lowest BCUT2D eigenvalue weighted by molar-refractivity contribution is -0.906. The van der Waals surface area contributed by atoms with Gasteiger partial charge in [-0.2, -0.15) is 0 Å². The van der Waals surface area contributed by atoms with Crippen LogP contribution in [0, 0.1) is 0 Å². The standard InChI is InChI=1S/C20H22N4O/c1-2-6-16(7-3-1)19-22-18-9-5-4-8-17(18)20(23-19)21-10-11-24-12-14-25-15-13-24/h1-9H,10-15H2,(H,21,22,23)/p+1. The lowest BCUT2D eigenvalue weighted by Crippen LogP contribution is -3.14. The van der Waals surface area contributed by atoms with Crippen LogP contribution in [0.5, 0.6) is 0 Å². The molecule has 0 saturated carbocycles. The number of nitrogens with zero attached hydrogens (tertiary/aromatic N) is 2. The molecule has 5 heteroatoms. The van der Waals surface area contributed by atoms with E-state index in [2.05, 4.69) is 11.4 Å². The molecular weight excluding hydrogens is 312 g/mol. The Morgan fingerprint density at radius 2 is 1.68 bits per heavy atom. The fraction of sp³-hybridized carbons (Fsp3) is 0.300. The molecule has 3 aromatic rings. The lowest BCUT2D eigenvalue weighted by Gasteiger charge is -2.23. The third-order valence-corrected chi connectivity index (χ3v) is 4.61. The molecule has 0 unspecified atom stereocenters. The van der Waals surface area contributed by atoms with Crippen molar-refractivity contribution in [2.75, 3.05) is 44.7 Å². The van der Waals surface area contributed by atoms with Crippen molar-refractivity contribution in [2.45, 2.75) is 0 Å². The number of ether oxygens (including phenoxy) is 1. The number of nitrogens with one attached hydrogen (secondary N) is 2. The summed E-state index contributed by atoms with van der Waals surface area (Å²) in [5, 5.41) is 4.60. The Balaban J connectivity index is 1.58. The molecule has 1 aliphatic heterocycles. The summed E-state index contributed by atoms with van der Waals surface area (Å²) in [4.78, 5) is 11.1. The van der Waals surface area contributed by atoms with Gasteiger partial charge < -0.3 is 15.0 Å². The third-order valence-electron chi connectivity index (χ3n) is 4.61. The Bertz CT molecular complexity index is 831. The highest BCUT2D eigenvalue weighted by molar-refractivity contribution is 5.90. The lowest BCUT2D eigenvalue weighted by atomic mass is 10.2. The molecule has 2 aromatic carbocycles. The van der Waals surface area contributed by atoms with E-state index in [0.29, 0.717) is 0 Å². The van der Waals surface area contributed by atoms with Crippen LogP contribution in [-0.2, 0) is 4.74 Å². The fourth-order valence-corrected chi connectivity index (χ4v) is 3.20. The second-order valence-electron chi connectivity index (χ2n) is 6.32. The number of fused-ring (bicyclic) bond motifs is 1. The zero-order chi connectivity index (χ0) is 16.9. The first kappa shape index (κ1) is 16.0. The number of morpholine rings is 1. The predicted octanol–water partition coefficient (Wildman–Crippen LogP) is 1.62. The van der Waals surface area contributed by atoms with Gasteiger partial charge in [-0.15, -0.1) is 0 Å². The molecular formula is C20H23N4O+. The quantitative estimate of drug-likeness (QED) is 0.744. The Kier molecular flexibility index (Phi) is 4.86. The van der Waals surface area contributed by atoms with Crippen LogP contribution in [0.3, 0.4) is 0 Å². The van der Waals surface area contributed by atoms with Crippen molar-refractivity contribution in [1.29, 1.82) is 0 Å². The smallest absolute Gasteiger partial charge is 0.162 e. The van der Waals surface area contributed by atoms with Gasteiger partial charge in [0.25, 0.3) is 0 Å². The minimum Gasteiger partial charge on any atom is -0.370 e. The van der Waals surface area contributed by atoms with Crippen LogP contribution < -0.4 is 10.2 Å². The van der Waals surface area contributed by atoms with Crippen molar-refractivity contribution in [3.8, 4) is 11.4 Å². The third kappa shape index (κ3) is 3.78. The summed E-state index contributed by atoms with van der Waals surface area (Å²) in [7, 11) is 0. The number of hydrogen-bond acceptors (Lipinski definition) is 4. The molecule has 2 heterocycles. The van der Waals surface area contributed by atoms with E-state index in [1.807, 2.05) is 48.5 Å². The number of anilines is 1. The van der Waals surface area contributed by atoms with Gasteiger partial charge in [0.05, 0.1) is 31.8 Å². The number of rotatable bonds is 5. The summed E-state index contributed by atoms with van der Waals surface area (Å²) in [6.07, 6.45) is 0. The number of para-hydroxylation sites is 1. The van der Waals surface area contributed by atoms with Crippen LogP contribution in [0.15, 0.2) is 54.6 Å². The molecule has 128 valence electrons. The van der Waals surface area contributed by atoms with E-state index in [-0.39, 0.29) is 0 Å². The van der Waals surface area contributed by atoms with Crippen molar-refractivity contribution in [1.82, 2.24) is 9.97 Å². The minimum absolute atomic E-state index is 0.764. The van der Waals surface area contributed by atoms with Crippen molar-refractivity contribution < 1.29 is 9.64 Å². The zero-order valence-electron chi connectivity index (χ0n) is 14.2. The zero-order valence-corrected chi connectivity index (χ0v) is 14.2. The Hall–Kier alpha value is -2.50. The molecule has 25 heavy (non-hydrogen) atoms. The number of benzene rings is 2. The second-order valence-corrected chi connectivity index (χ2v) is 6.32. The molecule has 0 bridgehead atoms. The SMILES string of the molecule is c1ccc(-c2nc(NCC[NH+]3CCOCC3)c3ccccc3n2)cc1. The van der Waals surface area contributed by atoms with Crippen LogP contribution in [0.25, 0.3) is 22.3 Å². The van der Waals surface area contributed by atoms with Crippen molar-refractivity contribution in [2.24, 2.45) is 0 Å². The number of aromatic nitrogens is 2. The van der Waals surface area contributed by atoms with Gasteiger partial charge in [0.1, 0.15) is 18.9 Å². The molecule has 2 N–H and O–H groups in total. The van der Waals surface area contributed by atoms with Crippen LogP contribution in [-0.4, -0.2) is 49.4 Å². The molecule has 5 nitrogen and oxygen atoms in total. The summed E-state index contributed by atoms with van der Waals surface area (Å²) in [5.74, 6) is 1.68. The molecule has 0 amide bonds. The van der Waals surface area contributed by atoms with Crippen LogP contribution in [0.1, 0.15) is 0 Å². The normalized spacial score (nSPS) is 15.4. The summed E-state index contributed by atoms with van der Waals surface area (Å²) in [6.45, 7) is 5.86. The highest BCUT2D eigenvalue weighted by Gasteiger charge is 2.14. The largest absolute Gasteiger partial charge is 0.370 e. The minimum atomic E-state index is 0.764. The van der Waals surface area contributed by atoms with E-state index in [1.165, 1.54) is 0 Å². The van der Waals surface area contributed by atoms with Gasteiger partial charge in [0, 0.05) is 10.9 Å². The van der Waals surface area contributed by atoms with E-state index < -0.39 is 0 Å². The second kappa shape index (κ2) is 7.59. The highest BCUT2D eigenvalue weighted by atomic mass is 16.5.